The van der Waals surface area contributed by atoms with Gasteiger partial charge in [0.05, 0.1) is 5.56 Å². The Balaban J connectivity index is 2.62. The van der Waals surface area contributed by atoms with Gasteiger partial charge in [-0.05, 0) is 31.0 Å². The maximum Gasteiger partial charge on any atom is 0.417 e. The second kappa shape index (κ2) is 6.02. The molecule has 1 heterocycles. The van der Waals surface area contributed by atoms with E-state index in [1.54, 1.807) is 6.07 Å². The summed E-state index contributed by atoms with van der Waals surface area (Å²) >= 11 is 0. The maximum atomic E-state index is 13.2. The van der Waals surface area contributed by atoms with Gasteiger partial charge in [-0.15, -0.1) is 0 Å². The molecule has 0 fully saturated rings. The Kier molecular flexibility index (Phi) is 4.49. The van der Waals surface area contributed by atoms with Crippen LogP contribution < -0.4 is 10.5 Å². The topological polar surface area (TPSA) is 36.1 Å². The average Bonchev–Trinajstić information content (AvgIpc) is 2.42. The summed E-state index contributed by atoms with van der Waals surface area (Å²) in [5, 5.41) is 0.0202. The molecule has 22 heavy (non-hydrogen) atoms. The second-order valence-electron chi connectivity index (χ2n) is 5.71. The van der Waals surface area contributed by atoms with Crippen LogP contribution in [0, 0.1) is 5.92 Å². The van der Waals surface area contributed by atoms with Crippen molar-refractivity contribution in [2.75, 3.05) is 18.0 Å². The molecule has 120 valence electrons. The van der Waals surface area contributed by atoms with Crippen molar-refractivity contribution < 1.29 is 13.2 Å². The summed E-state index contributed by atoms with van der Waals surface area (Å²) in [6.45, 7) is 7.54. The molecular formula is C16H19F3N2O. The lowest BCUT2D eigenvalue weighted by Gasteiger charge is -2.25. The van der Waals surface area contributed by atoms with Crippen LogP contribution in [-0.4, -0.2) is 18.1 Å². The maximum absolute atomic E-state index is 13.2. The van der Waals surface area contributed by atoms with Crippen LogP contribution in [0.3, 0.4) is 0 Å². The molecule has 0 unspecified atom stereocenters. The van der Waals surface area contributed by atoms with E-state index in [0.717, 1.165) is 12.2 Å². The molecule has 2 rings (SSSR count). The molecule has 0 amide bonds. The van der Waals surface area contributed by atoms with Crippen LogP contribution in [0.5, 0.6) is 0 Å². The molecule has 0 saturated carbocycles. The van der Waals surface area contributed by atoms with E-state index in [-0.39, 0.29) is 10.9 Å². The summed E-state index contributed by atoms with van der Waals surface area (Å²) in [5.41, 5.74) is -0.721. The highest BCUT2D eigenvalue weighted by atomic mass is 19.4. The summed E-state index contributed by atoms with van der Waals surface area (Å²) in [4.78, 5) is 15.9. The van der Waals surface area contributed by atoms with E-state index in [9.17, 15) is 18.0 Å². The summed E-state index contributed by atoms with van der Waals surface area (Å²) in [5.74, 6) is 0.397. The predicted molar refractivity (Wildman–Crippen MR) is 82.3 cm³/mol. The molecule has 1 N–H and O–H groups in total. The van der Waals surface area contributed by atoms with Crippen LogP contribution in [0.2, 0.25) is 0 Å². The lowest BCUT2D eigenvalue weighted by Crippen LogP contribution is -2.27. The van der Waals surface area contributed by atoms with E-state index in [4.69, 9.17) is 0 Å². The van der Waals surface area contributed by atoms with Gasteiger partial charge in [0.2, 0.25) is 5.56 Å². The second-order valence-corrected chi connectivity index (χ2v) is 5.71. The van der Waals surface area contributed by atoms with Crippen molar-refractivity contribution in [3.63, 3.8) is 0 Å². The van der Waals surface area contributed by atoms with Crippen molar-refractivity contribution in [1.82, 2.24) is 4.98 Å². The number of aromatic amines is 1. The molecule has 3 nitrogen and oxygen atoms in total. The number of anilines is 1. The monoisotopic (exact) mass is 312 g/mol. The molecule has 0 aliphatic carbocycles. The zero-order valence-electron chi connectivity index (χ0n) is 12.8. The van der Waals surface area contributed by atoms with Crippen LogP contribution in [0.25, 0.3) is 10.9 Å². The zero-order valence-corrected chi connectivity index (χ0v) is 12.8. The van der Waals surface area contributed by atoms with Crippen LogP contribution >= 0.6 is 0 Å². The third kappa shape index (κ3) is 3.43. The lowest BCUT2D eigenvalue weighted by atomic mass is 10.1. The Morgan fingerprint density at radius 2 is 1.91 bits per heavy atom. The van der Waals surface area contributed by atoms with Gasteiger partial charge in [-0.3, -0.25) is 4.79 Å². The van der Waals surface area contributed by atoms with Crippen LogP contribution in [0.4, 0.5) is 18.9 Å². The first-order valence-electron chi connectivity index (χ1n) is 7.21. The number of fused-ring (bicyclic) bond motifs is 1. The van der Waals surface area contributed by atoms with Gasteiger partial charge in [0.1, 0.15) is 0 Å². The van der Waals surface area contributed by atoms with Gasteiger partial charge >= 0.3 is 6.18 Å². The lowest BCUT2D eigenvalue weighted by molar-refractivity contribution is -0.136. The fourth-order valence-electron chi connectivity index (χ4n) is 2.53. The summed E-state index contributed by atoms with van der Waals surface area (Å²) in [6, 6.07) is 5.39. The van der Waals surface area contributed by atoms with Gasteiger partial charge < -0.3 is 9.88 Å². The molecule has 1 aromatic carbocycles. The van der Waals surface area contributed by atoms with Gasteiger partial charge in [0.15, 0.2) is 0 Å². The highest BCUT2D eigenvalue weighted by molar-refractivity contribution is 5.86. The Labute approximate surface area is 126 Å². The molecule has 0 spiro atoms. The van der Waals surface area contributed by atoms with Crippen molar-refractivity contribution in [2.24, 2.45) is 5.92 Å². The van der Waals surface area contributed by atoms with Crippen molar-refractivity contribution in [1.29, 1.82) is 0 Å². The van der Waals surface area contributed by atoms with E-state index in [2.05, 4.69) is 18.8 Å². The number of benzene rings is 1. The molecule has 0 bridgehead atoms. The summed E-state index contributed by atoms with van der Waals surface area (Å²) in [6.07, 6.45) is -4.56. The number of aromatic nitrogens is 1. The van der Waals surface area contributed by atoms with E-state index in [1.165, 1.54) is 12.1 Å². The Hall–Kier alpha value is -1.98. The predicted octanol–water partition coefficient (Wildman–Crippen LogP) is 4.03. The third-order valence-corrected chi connectivity index (χ3v) is 3.46. The minimum absolute atomic E-state index is 0.0202. The quantitative estimate of drug-likeness (QED) is 0.925. The SMILES string of the molecule is CCN(CC(C)C)c1ccc2[nH]c(=O)cc(C(F)(F)F)c2c1. The first-order chi connectivity index (χ1) is 10.2. The van der Waals surface area contributed by atoms with Crippen molar-refractivity contribution in [3.8, 4) is 0 Å². The van der Waals surface area contributed by atoms with Crippen LogP contribution in [0.15, 0.2) is 29.1 Å². The summed E-state index contributed by atoms with van der Waals surface area (Å²) in [7, 11) is 0. The number of nitrogens with zero attached hydrogens (tertiary/aromatic N) is 1. The summed E-state index contributed by atoms with van der Waals surface area (Å²) < 4.78 is 39.5. The van der Waals surface area contributed by atoms with E-state index < -0.39 is 17.3 Å². The molecule has 0 radical (unpaired) electrons. The highest BCUT2D eigenvalue weighted by Crippen LogP contribution is 2.34. The van der Waals surface area contributed by atoms with Gasteiger partial charge in [-0.2, -0.15) is 13.2 Å². The number of alkyl halides is 3. The number of nitrogens with one attached hydrogen (secondary N) is 1. The minimum Gasteiger partial charge on any atom is -0.372 e. The number of hydrogen-bond donors (Lipinski definition) is 1. The average molecular weight is 312 g/mol. The first kappa shape index (κ1) is 16.4. The third-order valence-electron chi connectivity index (χ3n) is 3.46. The van der Waals surface area contributed by atoms with Crippen molar-refractivity contribution in [3.05, 3.63) is 40.2 Å². The van der Waals surface area contributed by atoms with Gasteiger partial charge in [-0.25, -0.2) is 0 Å². The fraction of sp³-hybridized carbons (Fsp3) is 0.438. The van der Waals surface area contributed by atoms with Crippen LogP contribution in [0.1, 0.15) is 26.3 Å². The van der Waals surface area contributed by atoms with E-state index in [0.29, 0.717) is 18.5 Å². The standard InChI is InChI=1S/C16H19F3N2O/c1-4-21(9-10(2)3)11-5-6-14-12(7-11)13(16(17,18)19)8-15(22)20-14/h5-8,10H,4,9H2,1-3H3,(H,20,22). The molecule has 0 atom stereocenters. The highest BCUT2D eigenvalue weighted by Gasteiger charge is 2.33. The molecule has 1 aromatic heterocycles. The zero-order chi connectivity index (χ0) is 16.5. The van der Waals surface area contributed by atoms with Crippen molar-refractivity contribution >= 4 is 16.6 Å². The van der Waals surface area contributed by atoms with Crippen LogP contribution in [-0.2, 0) is 6.18 Å². The molecule has 0 saturated heterocycles. The molecule has 6 heteroatoms. The fourth-order valence-corrected chi connectivity index (χ4v) is 2.53. The molecule has 0 aliphatic rings. The van der Waals surface area contributed by atoms with Gasteiger partial charge in [-0.1, -0.05) is 13.8 Å². The number of pyridine rings is 1. The smallest absolute Gasteiger partial charge is 0.372 e. The van der Waals surface area contributed by atoms with Gasteiger partial charge in [0.25, 0.3) is 0 Å². The van der Waals surface area contributed by atoms with Gasteiger partial charge in [0, 0.05) is 35.7 Å². The Morgan fingerprint density at radius 1 is 1.23 bits per heavy atom. The Bertz CT molecular complexity index is 719. The number of rotatable bonds is 4. The molecule has 2 aromatic rings. The van der Waals surface area contributed by atoms with E-state index >= 15 is 0 Å². The normalized spacial score (nSPS) is 12.1. The Morgan fingerprint density at radius 3 is 2.45 bits per heavy atom. The largest absolute Gasteiger partial charge is 0.417 e. The minimum atomic E-state index is -4.56. The number of H-pyrrole nitrogens is 1. The number of hydrogen-bond acceptors (Lipinski definition) is 2. The molecule has 0 aliphatic heterocycles. The molecular weight excluding hydrogens is 293 g/mol. The van der Waals surface area contributed by atoms with Crippen molar-refractivity contribution in [2.45, 2.75) is 26.9 Å². The van der Waals surface area contributed by atoms with E-state index in [1.807, 2.05) is 11.8 Å². The number of halogens is 3. The first-order valence-corrected chi connectivity index (χ1v) is 7.21.